The van der Waals surface area contributed by atoms with Crippen LogP contribution in [0.5, 0.6) is 0 Å². The first-order valence-corrected chi connectivity index (χ1v) is 5.27. The second kappa shape index (κ2) is 4.63. The zero-order valence-electron chi connectivity index (χ0n) is 10.3. The van der Waals surface area contributed by atoms with E-state index in [0.29, 0.717) is 12.2 Å². The number of hydrogen-bond acceptors (Lipinski definition) is 4. The van der Waals surface area contributed by atoms with Crippen LogP contribution in [0, 0.1) is 0 Å². The molecule has 1 aromatic carbocycles. The average molecular weight is 238 g/mol. The van der Waals surface area contributed by atoms with Gasteiger partial charge < -0.3 is 20.8 Å². The monoisotopic (exact) mass is 238 g/mol. The number of anilines is 2. The minimum atomic E-state index is -1.05. The first-order valence-electron chi connectivity index (χ1n) is 5.27. The summed E-state index contributed by atoms with van der Waals surface area (Å²) in [5.41, 5.74) is 5.74. The summed E-state index contributed by atoms with van der Waals surface area (Å²) in [6.45, 7) is 3.79. The summed E-state index contributed by atoms with van der Waals surface area (Å²) in [6.07, 6.45) is 0. The van der Waals surface area contributed by atoms with Crippen LogP contribution in [0.15, 0.2) is 18.2 Å². The number of carboxylic acids is 1. The Balaban J connectivity index is 3.00. The van der Waals surface area contributed by atoms with Crippen LogP contribution in [0.2, 0.25) is 0 Å². The van der Waals surface area contributed by atoms with E-state index in [1.807, 2.05) is 0 Å². The van der Waals surface area contributed by atoms with Crippen LogP contribution in [0.1, 0.15) is 24.2 Å². The molecule has 1 rings (SSSR count). The van der Waals surface area contributed by atoms with Crippen molar-refractivity contribution >= 4 is 17.3 Å². The molecule has 5 nitrogen and oxygen atoms in total. The molecule has 0 bridgehead atoms. The summed E-state index contributed by atoms with van der Waals surface area (Å²) in [5, 5.41) is 18.7. The highest BCUT2D eigenvalue weighted by Gasteiger charge is 2.17. The van der Waals surface area contributed by atoms with Gasteiger partial charge in [0.25, 0.3) is 0 Å². The molecule has 0 heterocycles. The maximum atomic E-state index is 10.9. The maximum Gasteiger partial charge on any atom is 0.337 e. The minimum absolute atomic E-state index is 0.0742. The lowest BCUT2D eigenvalue weighted by atomic mass is 10.1. The second-order valence-corrected chi connectivity index (χ2v) is 4.75. The molecule has 0 radical (unpaired) electrons. The molecule has 0 atom stereocenters. The normalized spacial score (nSPS) is 11.3. The number of hydrogen-bond donors (Lipinski definition) is 3. The molecule has 0 unspecified atom stereocenters. The summed E-state index contributed by atoms with van der Waals surface area (Å²) in [6, 6.07) is 4.79. The van der Waals surface area contributed by atoms with Gasteiger partial charge in [-0.1, -0.05) is 0 Å². The van der Waals surface area contributed by atoms with Crippen LogP contribution in [-0.4, -0.2) is 35.4 Å². The molecule has 0 spiro atoms. The molecular formula is C12H18N2O3. The Labute approximate surface area is 100 Å². The molecule has 4 N–H and O–H groups in total. The zero-order valence-corrected chi connectivity index (χ0v) is 10.3. The number of rotatable bonds is 4. The Hall–Kier alpha value is -1.75. The van der Waals surface area contributed by atoms with Gasteiger partial charge in [-0.25, -0.2) is 4.79 Å². The molecule has 5 heteroatoms. The third kappa shape index (κ3) is 3.64. The summed E-state index contributed by atoms with van der Waals surface area (Å²) in [4.78, 5) is 12.7. The lowest BCUT2D eigenvalue weighted by Crippen LogP contribution is -2.36. The van der Waals surface area contributed by atoms with E-state index >= 15 is 0 Å². The molecule has 94 valence electrons. The number of carbonyl (C=O) groups is 1. The maximum absolute atomic E-state index is 10.9. The second-order valence-electron chi connectivity index (χ2n) is 4.75. The van der Waals surface area contributed by atoms with E-state index in [4.69, 9.17) is 10.8 Å². The van der Waals surface area contributed by atoms with Gasteiger partial charge in [-0.3, -0.25) is 0 Å². The van der Waals surface area contributed by atoms with Crippen molar-refractivity contribution in [3.8, 4) is 0 Å². The van der Waals surface area contributed by atoms with E-state index in [1.54, 1.807) is 37.9 Å². The van der Waals surface area contributed by atoms with Crippen LogP contribution in [0.25, 0.3) is 0 Å². The van der Waals surface area contributed by atoms with Crippen LogP contribution in [-0.2, 0) is 0 Å². The third-order valence-electron chi connectivity index (χ3n) is 2.33. The number of carboxylic acid groups (broad SMARTS) is 1. The molecule has 17 heavy (non-hydrogen) atoms. The largest absolute Gasteiger partial charge is 0.478 e. The summed E-state index contributed by atoms with van der Waals surface area (Å²) < 4.78 is 0. The SMILES string of the molecule is CN(CC(C)(C)O)c1ccc(N)c(C(=O)O)c1. The standard InChI is InChI=1S/C12H18N2O3/c1-12(2,17)7-14(3)8-4-5-10(13)9(6-8)11(15)16/h4-6,17H,7,13H2,1-3H3,(H,15,16). The van der Waals surface area contributed by atoms with E-state index in [-0.39, 0.29) is 11.3 Å². The molecule has 1 aromatic rings. The number of nitrogens with zero attached hydrogens (tertiary/aromatic N) is 1. The van der Waals surface area contributed by atoms with Gasteiger partial charge in [-0.15, -0.1) is 0 Å². The average Bonchev–Trinajstić information content (AvgIpc) is 2.14. The van der Waals surface area contributed by atoms with Crippen molar-refractivity contribution in [3.05, 3.63) is 23.8 Å². The zero-order chi connectivity index (χ0) is 13.2. The fourth-order valence-electron chi connectivity index (χ4n) is 1.64. The van der Waals surface area contributed by atoms with Crippen molar-refractivity contribution in [1.29, 1.82) is 0 Å². The van der Waals surface area contributed by atoms with Crippen LogP contribution in [0.3, 0.4) is 0 Å². The summed E-state index contributed by atoms with van der Waals surface area (Å²) in [7, 11) is 1.79. The Bertz CT molecular complexity index is 424. The Morgan fingerprint density at radius 2 is 2.06 bits per heavy atom. The molecule has 0 aliphatic heterocycles. The van der Waals surface area contributed by atoms with E-state index in [0.717, 1.165) is 0 Å². The highest BCUT2D eigenvalue weighted by Crippen LogP contribution is 2.21. The molecule has 0 aliphatic rings. The van der Waals surface area contributed by atoms with Gasteiger partial charge in [0, 0.05) is 25.0 Å². The van der Waals surface area contributed by atoms with E-state index in [2.05, 4.69) is 0 Å². The minimum Gasteiger partial charge on any atom is -0.478 e. The summed E-state index contributed by atoms with van der Waals surface area (Å²) in [5.74, 6) is -1.05. The van der Waals surface area contributed by atoms with Gasteiger partial charge in [0.1, 0.15) is 0 Å². The predicted octanol–water partition coefficient (Wildman–Crippen LogP) is 1.17. The lowest BCUT2D eigenvalue weighted by Gasteiger charge is -2.27. The van der Waals surface area contributed by atoms with Crippen molar-refractivity contribution in [2.75, 3.05) is 24.2 Å². The highest BCUT2D eigenvalue weighted by atomic mass is 16.4. The smallest absolute Gasteiger partial charge is 0.337 e. The van der Waals surface area contributed by atoms with Crippen LogP contribution >= 0.6 is 0 Å². The van der Waals surface area contributed by atoms with Gasteiger partial charge in [0.15, 0.2) is 0 Å². The van der Waals surface area contributed by atoms with Gasteiger partial charge in [0.05, 0.1) is 11.2 Å². The number of likely N-dealkylation sites (N-methyl/N-ethyl adjacent to an activating group) is 1. The lowest BCUT2D eigenvalue weighted by molar-refractivity contribution is 0.0698. The number of aromatic carboxylic acids is 1. The topological polar surface area (TPSA) is 86.8 Å². The van der Waals surface area contributed by atoms with Crippen molar-refractivity contribution in [2.24, 2.45) is 0 Å². The van der Waals surface area contributed by atoms with Crippen molar-refractivity contribution in [1.82, 2.24) is 0 Å². The molecule has 0 saturated carbocycles. The van der Waals surface area contributed by atoms with E-state index < -0.39 is 11.6 Å². The Morgan fingerprint density at radius 1 is 1.47 bits per heavy atom. The van der Waals surface area contributed by atoms with Gasteiger partial charge >= 0.3 is 5.97 Å². The highest BCUT2D eigenvalue weighted by molar-refractivity contribution is 5.94. The number of aliphatic hydroxyl groups is 1. The van der Waals surface area contributed by atoms with Gasteiger partial charge in [-0.05, 0) is 32.0 Å². The van der Waals surface area contributed by atoms with Crippen molar-refractivity contribution < 1.29 is 15.0 Å². The van der Waals surface area contributed by atoms with Crippen molar-refractivity contribution in [2.45, 2.75) is 19.4 Å². The fraction of sp³-hybridized carbons (Fsp3) is 0.417. The third-order valence-corrected chi connectivity index (χ3v) is 2.33. The number of benzene rings is 1. The Morgan fingerprint density at radius 3 is 2.53 bits per heavy atom. The number of nitrogen functional groups attached to an aromatic ring is 1. The first kappa shape index (κ1) is 13.3. The van der Waals surface area contributed by atoms with Crippen molar-refractivity contribution in [3.63, 3.8) is 0 Å². The van der Waals surface area contributed by atoms with Gasteiger partial charge in [-0.2, -0.15) is 0 Å². The molecular weight excluding hydrogens is 220 g/mol. The molecule has 0 aromatic heterocycles. The summed E-state index contributed by atoms with van der Waals surface area (Å²) >= 11 is 0. The van der Waals surface area contributed by atoms with Crippen LogP contribution in [0.4, 0.5) is 11.4 Å². The van der Waals surface area contributed by atoms with E-state index in [9.17, 15) is 9.90 Å². The molecule has 0 fully saturated rings. The fourth-order valence-corrected chi connectivity index (χ4v) is 1.64. The van der Waals surface area contributed by atoms with E-state index in [1.165, 1.54) is 6.07 Å². The quantitative estimate of drug-likeness (QED) is 0.685. The first-order chi connectivity index (χ1) is 7.70. The molecule has 0 aliphatic carbocycles. The number of nitrogens with two attached hydrogens (primary N) is 1. The Kier molecular flexibility index (Phi) is 3.63. The van der Waals surface area contributed by atoms with Gasteiger partial charge in [0.2, 0.25) is 0 Å². The molecule has 0 amide bonds. The predicted molar refractivity (Wildman–Crippen MR) is 67.4 cm³/mol. The van der Waals surface area contributed by atoms with Crippen LogP contribution < -0.4 is 10.6 Å². The molecule has 0 saturated heterocycles.